The van der Waals surface area contributed by atoms with Crippen LogP contribution in [0.3, 0.4) is 0 Å². The summed E-state index contributed by atoms with van der Waals surface area (Å²) >= 11 is 3.02. The molecule has 1 aromatic rings. The number of aliphatic carboxylic acids is 1. The molecule has 2 unspecified atom stereocenters. The molecule has 6 heteroatoms. The predicted molar refractivity (Wildman–Crippen MR) is 70.3 cm³/mol. The lowest BCUT2D eigenvalue weighted by Gasteiger charge is -2.16. The van der Waals surface area contributed by atoms with Crippen LogP contribution in [-0.2, 0) is 4.79 Å². The minimum atomic E-state index is -0.898. The van der Waals surface area contributed by atoms with Crippen LogP contribution in [-0.4, -0.2) is 35.0 Å². The van der Waals surface area contributed by atoms with Gasteiger partial charge in [-0.15, -0.1) is 0 Å². The van der Waals surface area contributed by atoms with Crippen molar-refractivity contribution >= 4 is 27.8 Å². The molecule has 1 amide bonds. The van der Waals surface area contributed by atoms with Gasteiger partial charge in [-0.1, -0.05) is 6.92 Å². The molecule has 1 aromatic carbocycles. The highest BCUT2D eigenvalue weighted by atomic mass is 79.9. The third-order valence-corrected chi connectivity index (χ3v) is 4.03. The maximum Gasteiger partial charge on any atom is 0.308 e. The van der Waals surface area contributed by atoms with Crippen molar-refractivity contribution in [1.82, 2.24) is 4.90 Å². The van der Waals surface area contributed by atoms with Crippen molar-refractivity contribution < 1.29 is 19.1 Å². The molecule has 1 aliphatic heterocycles. The number of rotatable bonds is 2. The van der Waals surface area contributed by atoms with Gasteiger partial charge in [0.15, 0.2) is 0 Å². The zero-order chi connectivity index (χ0) is 14.2. The zero-order valence-electron chi connectivity index (χ0n) is 10.3. The lowest BCUT2D eigenvalue weighted by atomic mass is 9.99. The van der Waals surface area contributed by atoms with Gasteiger partial charge in [0, 0.05) is 18.7 Å². The number of carbonyl (C=O) groups is 2. The third-order valence-electron chi connectivity index (χ3n) is 3.38. The minimum Gasteiger partial charge on any atom is -0.481 e. The zero-order valence-corrected chi connectivity index (χ0v) is 11.9. The first-order chi connectivity index (χ1) is 8.90. The maximum atomic E-state index is 13.4. The van der Waals surface area contributed by atoms with Crippen LogP contribution in [0.5, 0.6) is 0 Å². The van der Waals surface area contributed by atoms with Crippen molar-refractivity contribution in [2.24, 2.45) is 11.8 Å². The highest BCUT2D eigenvalue weighted by Gasteiger charge is 2.37. The summed E-state index contributed by atoms with van der Waals surface area (Å²) in [6, 6.07) is 4.15. The average Bonchev–Trinajstić information content (AvgIpc) is 2.74. The predicted octanol–water partition coefficient (Wildman–Crippen LogP) is 2.38. The average molecular weight is 330 g/mol. The van der Waals surface area contributed by atoms with Crippen molar-refractivity contribution in [2.75, 3.05) is 13.1 Å². The number of hydrogen-bond acceptors (Lipinski definition) is 2. The first-order valence-corrected chi connectivity index (χ1v) is 6.66. The monoisotopic (exact) mass is 329 g/mol. The summed E-state index contributed by atoms with van der Waals surface area (Å²) in [7, 11) is 0. The van der Waals surface area contributed by atoms with E-state index in [9.17, 15) is 14.0 Å². The summed E-state index contributed by atoms with van der Waals surface area (Å²) in [4.78, 5) is 24.7. The third kappa shape index (κ3) is 2.78. The van der Waals surface area contributed by atoms with E-state index in [1.54, 1.807) is 6.92 Å². The lowest BCUT2D eigenvalue weighted by Crippen LogP contribution is -2.30. The number of carboxylic acids is 1. The fourth-order valence-electron chi connectivity index (χ4n) is 2.27. The van der Waals surface area contributed by atoms with Gasteiger partial charge in [-0.25, -0.2) is 4.39 Å². The Morgan fingerprint density at radius 2 is 2.11 bits per heavy atom. The Labute approximate surface area is 118 Å². The topological polar surface area (TPSA) is 57.6 Å². The van der Waals surface area contributed by atoms with Crippen LogP contribution in [0.1, 0.15) is 17.3 Å². The first kappa shape index (κ1) is 14.0. The van der Waals surface area contributed by atoms with Gasteiger partial charge < -0.3 is 10.0 Å². The second kappa shape index (κ2) is 5.28. The molecule has 4 nitrogen and oxygen atoms in total. The van der Waals surface area contributed by atoms with E-state index < -0.39 is 17.7 Å². The Bertz CT molecular complexity index is 535. The van der Waals surface area contributed by atoms with E-state index in [1.807, 2.05) is 0 Å². The Kier molecular flexibility index (Phi) is 3.89. The van der Waals surface area contributed by atoms with Gasteiger partial charge in [0.25, 0.3) is 5.91 Å². The van der Waals surface area contributed by atoms with E-state index >= 15 is 0 Å². The second-order valence-electron chi connectivity index (χ2n) is 4.76. The van der Waals surface area contributed by atoms with Gasteiger partial charge in [0.1, 0.15) is 5.82 Å². The quantitative estimate of drug-likeness (QED) is 0.906. The molecule has 0 aliphatic carbocycles. The van der Waals surface area contributed by atoms with E-state index in [4.69, 9.17) is 5.11 Å². The normalized spacial score (nSPS) is 22.6. The van der Waals surface area contributed by atoms with Crippen LogP contribution >= 0.6 is 15.9 Å². The number of carboxylic acid groups (broad SMARTS) is 1. The summed E-state index contributed by atoms with van der Waals surface area (Å²) in [5.74, 6) is -2.38. The smallest absolute Gasteiger partial charge is 0.308 e. The number of amides is 1. The van der Waals surface area contributed by atoms with E-state index in [-0.39, 0.29) is 23.9 Å². The van der Waals surface area contributed by atoms with Gasteiger partial charge in [-0.05, 0) is 40.0 Å². The molecule has 2 rings (SSSR count). The van der Waals surface area contributed by atoms with Gasteiger partial charge in [0.2, 0.25) is 0 Å². The van der Waals surface area contributed by atoms with Crippen molar-refractivity contribution in [3.05, 3.63) is 34.1 Å². The molecule has 0 saturated carbocycles. The Hall–Kier alpha value is -1.43. The van der Waals surface area contributed by atoms with E-state index in [1.165, 1.54) is 17.0 Å². The van der Waals surface area contributed by atoms with Crippen LogP contribution in [0.4, 0.5) is 4.39 Å². The van der Waals surface area contributed by atoms with Gasteiger partial charge in [-0.3, -0.25) is 9.59 Å². The molecule has 1 aliphatic rings. The first-order valence-electron chi connectivity index (χ1n) is 5.87. The Morgan fingerprint density at radius 3 is 2.63 bits per heavy atom. The fraction of sp³-hybridized carbons (Fsp3) is 0.385. The lowest BCUT2D eigenvalue weighted by molar-refractivity contribution is -0.142. The molecule has 1 fully saturated rings. The number of carbonyl (C=O) groups excluding carboxylic acids is 1. The molecule has 0 spiro atoms. The largest absolute Gasteiger partial charge is 0.481 e. The van der Waals surface area contributed by atoms with Gasteiger partial charge >= 0.3 is 5.97 Å². The molecule has 1 N–H and O–H groups in total. The summed E-state index contributed by atoms with van der Waals surface area (Å²) in [5.41, 5.74) is 0.235. The summed E-state index contributed by atoms with van der Waals surface area (Å²) < 4.78 is 13.7. The van der Waals surface area contributed by atoms with Crippen molar-refractivity contribution in [3.8, 4) is 0 Å². The van der Waals surface area contributed by atoms with Crippen molar-refractivity contribution in [2.45, 2.75) is 6.92 Å². The summed E-state index contributed by atoms with van der Waals surface area (Å²) in [6.07, 6.45) is 0. The number of nitrogens with zero attached hydrogens (tertiary/aromatic N) is 1. The molecule has 0 bridgehead atoms. The molecule has 19 heavy (non-hydrogen) atoms. The fourth-order valence-corrected chi connectivity index (χ4v) is 2.51. The molecule has 1 heterocycles. The van der Waals surface area contributed by atoms with Crippen LogP contribution in [0.25, 0.3) is 0 Å². The van der Waals surface area contributed by atoms with Gasteiger partial charge in [-0.2, -0.15) is 0 Å². The second-order valence-corrected chi connectivity index (χ2v) is 5.62. The van der Waals surface area contributed by atoms with Gasteiger partial charge in [0.05, 0.1) is 10.4 Å². The summed E-state index contributed by atoms with van der Waals surface area (Å²) in [6.45, 7) is 2.36. The van der Waals surface area contributed by atoms with E-state index in [0.29, 0.717) is 11.0 Å². The minimum absolute atomic E-state index is 0.0956. The van der Waals surface area contributed by atoms with E-state index in [0.717, 1.165) is 6.07 Å². The van der Waals surface area contributed by atoms with Crippen molar-refractivity contribution in [1.29, 1.82) is 0 Å². The molecule has 0 aromatic heterocycles. The molecule has 1 saturated heterocycles. The molecular weight excluding hydrogens is 317 g/mol. The summed E-state index contributed by atoms with van der Waals surface area (Å²) in [5, 5.41) is 9.03. The van der Waals surface area contributed by atoms with Crippen LogP contribution < -0.4 is 0 Å². The maximum absolute atomic E-state index is 13.4. The highest BCUT2D eigenvalue weighted by Crippen LogP contribution is 2.25. The highest BCUT2D eigenvalue weighted by molar-refractivity contribution is 9.10. The molecule has 102 valence electrons. The van der Waals surface area contributed by atoms with Crippen LogP contribution in [0, 0.1) is 17.7 Å². The number of hydrogen-bond donors (Lipinski definition) is 1. The number of halogens is 2. The van der Waals surface area contributed by atoms with E-state index in [2.05, 4.69) is 15.9 Å². The number of likely N-dealkylation sites (tertiary alicyclic amines) is 1. The standard InChI is InChI=1S/C13H13BrFNO3/c1-7-5-16(6-9(7)13(18)19)12(17)8-2-3-10(14)11(15)4-8/h2-4,7,9H,5-6H2,1H3,(H,18,19). The van der Waals surface area contributed by atoms with Crippen LogP contribution in [0.2, 0.25) is 0 Å². The molecule has 2 atom stereocenters. The molecule has 0 radical (unpaired) electrons. The van der Waals surface area contributed by atoms with Crippen LogP contribution in [0.15, 0.2) is 22.7 Å². The number of benzene rings is 1. The SMILES string of the molecule is CC1CN(C(=O)c2ccc(Br)c(F)c2)CC1C(=O)O. The molecular formula is C13H13BrFNO3. The van der Waals surface area contributed by atoms with Crippen molar-refractivity contribution in [3.63, 3.8) is 0 Å². The Balaban J connectivity index is 2.17. The Morgan fingerprint density at radius 1 is 1.42 bits per heavy atom.